The van der Waals surface area contributed by atoms with Crippen molar-refractivity contribution in [3.63, 3.8) is 0 Å². The summed E-state index contributed by atoms with van der Waals surface area (Å²) in [6, 6.07) is 7.74. The number of hydrogen-bond donors (Lipinski definition) is 3. The fourth-order valence-corrected chi connectivity index (χ4v) is 4.03. The Kier molecular flexibility index (Phi) is 7.25. The van der Waals surface area contributed by atoms with E-state index < -0.39 is 11.7 Å². The minimum Gasteiger partial charge on any atom is -0.470 e. The number of nitrogens with two attached hydrogens (primary N) is 1. The van der Waals surface area contributed by atoms with Crippen LogP contribution in [-0.4, -0.2) is 52.2 Å². The van der Waals surface area contributed by atoms with Gasteiger partial charge in [0.2, 0.25) is 0 Å². The van der Waals surface area contributed by atoms with Crippen LogP contribution in [-0.2, 0) is 24.3 Å². The Morgan fingerprint density at radius 1 is 1.22 bits per heavy atom. The van der Waals surface area contributed by atoms with E-state index in [1.54, 1.807) is 45.3 Å². The number of rotatable bonds is 6. The smallest absolute Gasteiger partial charge is 0.413 e. The zero-order valence-electron chi connectivity index (χ0n) is 21.4. The molecule has 0 saturated heterocycles. The van der Waals surface area contributed by atoms with Gasteiger partial charge in [0.1, 0.15) is 18.0 Å². The highest BCUT2D eigenvalue weighted by atomic mass is 16.6. The Bertz CT molecular complexity index is 1260. The number of likely N-dealkylation sites (N-methyl/N-ethyl adjacent to an activating group) is 1. The van der Waals surface area contributed by atoms with E-state index >= 15 is 0 Å². The number of fused-ring (bicyclic) bond motifs is 1. The molecule has 1 aliphatic rings. The van der Waals surface area contributed by atoms with Gasteiger partial charge >= 0.3 is 6.09 Å². The Morgan fingerprint density at radius 3 is 2.78 bits per heavy atom. The Morgan fingerprint density at radius 2 is 2.03 bits per heavy atom. The molecular weight excluding hydrogens is 458 g/mol. The maximum Gasteiger partial charge on any atom is 0.413 e. The molecule has 4 N–H and O–H groups in total. The van der Waals surface area contributed by atoms with Gasteiger partial charge in [-0.1, -0.05) is 0 Å². The molecule has 4 rings (SSSR count). The lowest BCUT2D eigenvalue weighted by Gasteiger charge is -2.27. The van der Waals surface area contributed by atoms with Gasteiger partial charge in [-0.05, 0) is 75.2 Å². The minimum atomic E-state index is -0.603. The van der Waals surface area contributed by atoms with Crippen molar-refractivity contribution in [2.24, 2.45) is 0 Å². The normalized spacial score (nSPS) is 13.6. The molecule has 0 atom stereocenters. The Hall–Kier alpha value is -3.92. The maximum atomic E-state index is 12.0. The molecule has 0 bridgehead atoms. The van der Waals surface area contributed by atoms with Crippen LogP contribution in [0.4, 0.5) is 22.1 Å². The summed E-state index contributed by atoms with van der Waals surface area (Å²) in [5.74, 6) is 0.801. The van der Waals surface area contributed by atoms with Crippen molar-refractivity contribution < 1.29 is 14.3 Å². The van der Waals surface area contributed by atoms with E-state index in [1.807, 2.05) is 7.05 Å². The van der Waals surface area contributed by atoms with Gasteiger partial charge < -0.3 is 25.4 Å². The van der Waals surface area contributed by atoms with E-state index in [0.717, 1.165) is 36.3 Å². The predicted molar refractivity (Wildman–Crippen MR) is 140 cm³/mol. The first-order valence-corrected chi connectivity index (χ1v) is 11.8. The number of anilines is 3. The number of amides is 1. The predicted octanol–water partition coefficient (Wildman–Crippen LogP) is 4.08. The molecule has 2 aromatic heterocycles. The third-order valence-electron chi connectivity index (χ3n) is 5.69. The van der Waals surface area contributed by atoms with E-state index in [0.29, 0.717) is 11.5 Å². The van der Waals surface area contributed by atoms with E-state index in [9.17, 15) is 4.79 Å². The fraction of sp³-hybridized carbons (Fsp3) is 0.385. The summed E-state index contributed by atoms with van der Waals surface area (Å²) in [7, 11) is 4.05. The van der Waals surface area contributed by atoms with Crippen molar-refractivity contribution in [2.45, 2.75) is 45.9 Å². The number of benzene rings is 1. The first-order valence-electron chi connectivity index (χ1n) is 11.8. The molecule has 1 amide bonds. The monoisotopic (exact) mass is 491 g/mol. The van der Waals surface area contributed by atoms with Gasteiger partial charge in [0.05, 0.1) is 11.9 Å². The van der Waals surface area contributed by atoms with Crippen LogP contribution < -0.4 is 21.1 Å². The second-order valence-corrected chi connectivity index (χ2v) is 9.81. The van der Waals surface area contributed by atoms with Gasteiger partial charge in [0.15, 0.2) is 5.82 Å². The van der Waals surface area contributed by atoms with Gasteiger partial charge in [0.25, 0.3) is 5.88 Å². The van der Waals surface area contributed by atoms with Crippen LogP contribution >= 0.6 is 0 Å². The van der Waals surface area contributed by atoms with Gasteiger partial charge in [0, 0.05) is 37.6 Å². The number of nitrogen functional groups attached to an aromatic ring is 1. The van der Waals surface area contributed by atoms with Crippen LogP contribution in [0.3, 0.4) is 0 Å². The number of nitrogens with one attached hydrogen (secondary N) is 2. The van der Waals surface area contributed by atoms with Crippen LogP contribution in [0.1, 0.15) is 37.5 Å². The maximum absolute atomic E-state index is 12.0. The molecule has 1 aliphatic heterocycles. The van der Waals surface area contributed by atoms with Crippen molar-refractivity contribution in [3.8, 4) is 17.1 Å². The summed E-state index contributed by atoms with van der Waals surface area (Å²) in [6.45, 7) is 7.48. The molecule has 0 unspecified atom stereocenters. The van der Waals surface area contributed by atoms with Gasteiger partial charge in [-0.15, -0.1) is 0 Å². The molecule has 0 fully saturated rings. The third-order valence-corrected chi connectivity index (χ3v) is 5.69. The molecule has 190 valence electrons. The fourth-order valence-electron chi connectivity index (χ4n) is 4.03. The standard InChI is InChI=1S/C26H33N7O3/c1-26(2,3)36-25(34)32-22-10-16(6-8-29-22)15-35-24-23(27)30-13-21(31-24)17-11-18-14-33(5)9-7-19(18)20(12-17)28-4/h6,8,10-13,28H,7,9,14-15H2,1-5H3,(H2,27,30)(H,29,32,34). The zero-order chi connectivity index (χ0) is 25.9. The average Bonchev–Trinajstić information content (AvgIpc) is 2.81. The minimum absolute atomic E-state index is 0.171. The molecule has 3 heterocycles. The number of ether oxygens (including phenoxy) is 2. The summed E-state index contributed by atoms with van der Waals surface area (Å²) >= 11 is 0. The molecular formula is C26H33N7O3. The second kappa shape index (κ2) is 10.4. The Labute approximate surface area is 211 Å². The van der Waals surface area contributed by atoms with Crippen molar-refractivity contribution in [1.29, 1.82) is 0 Å². The molecule has 0 saturated carbocycles. The number of carbonyl (C=O) groups excluding carboxylic acids is 1. The highest BCUT2D eigenvalue weighted by Gasteiger charge is 2.19. The topological polar surface area (TPSA) is 128 Å². The van der Waals surface area contributed by atoms with Gasteiger partial charge in [-0.2, -0.15) is 0 Å². The van der Waals surface area contributed by atoms with Crippen LogP contribution in [0.2, 0.25) is 0 Å². The third kappa shape index (κ3) is 6.19. The quantitative estimate of drug-likeness (QED) is 0.467. The van der Waals surface area contributed by atoms with E-state index in [-0.39, 0.29) is 18.3 Å². The van der Waals surface area contributed by atoms with E-state index in [2.05, 4.69) is 49.7 Å². The Balaban J connectivity index is 1.51. The highest BCUT2D eigenvalue weighted by molar-refractivity contribution is 5.83. The lowest BCUT2D eigenvalue weighted by Crippen LogP contribution is -2.27. The molecule has 0 aliphatic carbocycles. The van der Waals surface area contributed by atoms with Crippen molar-refractivity contribution in [1.82, 2.24) is 19.9 Å². The molecule has 0 spiro atoms. The number of carbonyl (C=O) groups is 1. The zero-order valence-corrected chi connectivity index (χ0v) is 21.4. The summed E-state index contributed by atoms with van der Waals surface area (Å²) < 4.78 is 11.2. The molecule has 3 aromatic rings. The molecule has 10 nitrogen and oxygen atoms in total. The lowest BCUT2D eigenvalue weighted by atomic mass is 9.94. The first kappa shape index (κ1) is 25.2. The number of aromatic nitrogens is 3. The van der Waals surface area contributed by atoms with Crippen molar-refractivity contribution in [2.75, 3.05) is 37.0 Å². The summed E-state index contributed by atoms with van der Waals surface area (Å²) in [5, 5.41) is 5.94. The van der Waals surface area contributed by atoms with Gasteiger partial charge in [-0.25, -0.2) is 19.7 Å². The van der Waals surface area contributed by atoms with Crippen molar-refractivity contribution in [3.05, 3.63) is 53.3 Å². The first-order chi connectivity index (χ1) is 17.1. The van der Waals surface area contributed by atoms with Crippen LogP contribution in [0.25, 0.3) is 11.3 Å². The van der Waals surface area contributed by atoms with Crippen LogP contribution in [0.5, 0.6) is 5.88 Å². The van der Waals surface area contributed by atoms with Gasteiger partial charge in [-0.3, -0.25) is 5.32 Å². The summed E-state index contributed by atoms with van der Waals surface area (Å²) in [5.41, 5.74) is 11.6. The average molecular weight is 492 g/mol. The molecule has 0 radical (unpaired) electrons. The van der Waals surface area contributed by atoms with Crippen molar-refractivity contribution >= 4 is 23.4 Å². The summed E-state index contributed by atoms with van der Waals surface area (Å²) in [4.78, 5) is 27.5. The summed E-state index contributed by atoms with van der Waals surface area (Å²) in [6.07, 6.45) is 3.67. The molecule has 10 heteroatoms. The van der Waals surface area contributed by atoms with Crippen LogP contribution in [0, 0.1) is 0 Å². The second-order valence-electron chi connectivity index (χ2n) is 9.81. The molecule has 36 heavy (non-hydrogen) atoms. The molecule has 1 aromatic carbocycles. The van der Waals surface area contributed by atoms with Crippen LogP contribution in [0.15, 0.2) is 36.7 Å². The highest BCUT2D eigenvalue weighted by Crippen LogP contribution is 2.32. The largest absolute Gasteiger partial charge is 0.470 e. The van der Waals surface area contributed by atoms with E-state index in [4.69, 9.17) is 15.2 Å². The number of nitrogens with zero attached hydrogens (tertiary/aromatic N) is 4. The number of hydrogen-bond acceptors (Lipinski definition) is 9. The lowest BCUT2D eigenvalue weighted by molar-refractivity contribution is 0.0635. The van der Waals surface area contributed by atoms with E-state index in [1.165, 1.54) is 11.1 Å². The number of pyridine rings is 1. The SMILES string of the molecule is CNc1cc(-c2cnc(N)c(OCc3ccnc(NC(=O)OC(C)(C)C)c3)n2)cc2c1CCN(C)C2.